The minimum absolute atomic E-state index is 0.279. The van der Waals surface area contributed by atoms with Crippen molar-refractivity contribution in [2.75, 3.05) is 6.61 Å². The van der Waals surface area contributed by atoms with E-state index in [0.717, 1.165) is 25.7 Å². The first-order valence-electron chi connectivity index (χ1n) is 8.44. The summed E-state index contributed by atoms with van der Waals surface area (Å²) < 4.78 is 35.0. The summed E-state index contributed by atoms with van der Waals surface area (Å²) in [4.78, 5) is 10.9. The van der Waals surface area contributed by atoms with E-state index < -0.39 is 36.2 Å². The fourth-order valence-electron chi connectivity index (χ4n) is 4.11. The normalized spacial score (nSPS) is 44.3. The van der Waals surface area contributed by atoms with Crippen LogP contribution in [0, 0.1) is 0 Å². The third-order valence-electron chi connectivity index (χ3n) is 5.10. The van der Waals surface area contributed by atoms with Crippen molar-refractivity contribution in [2.45, 2.75) is 88.2 Å². The third-order valence-corrected chi connectivity index (χ3v) is 5.10. The lowest BCUT2D eigenvalue weighted by Crippen LogP contribution is -2.44. The number of hydrogen-bond donors (Lipinski definition) is 0. The average Bonchev–Trinajstić information content (AvgIpc) is 3.13. The van der Waals surface area contributed by atoms with Crippen LogP contribution >= 0.6 is 0 Å². The molecule has 0 unspecified atom stereocenters. The van der Waals surface area contributed by atoms with Crippen LogP contribution in [0.3, 0.4) is 0 Å². The van der Waals surface area contributed by atoms with Crippen molar-refractivity contribution >= 4 is 6.47 Å². The molecule has 4 fully saturated rings. The molecule has 0 radical (unpaired) electrons. The molecule has 3 saturated heterocycles. The van der Waals surface area contributed by atoms with Crippen LogP contribution in [0.2, 0.25) is 0 Å². The molecule has 130 valence electrons. The highest BCUT2D eigenvalue weighted by Gasteiger charge is 2.60. The van der Waals surface area contributed by atoms with Crippen molar-refractivity contribution in [3.05, 3.63) is 0 Å². The van der Waals surface area contributed by atoms with Crippen LogP contribution in [0.5, 0.6) is 0 Å². The predicted molar refractivity (Wildman–Crippen MR) is 76.3 cm³/mol. The first-order chi connectivity index (χ1) is 11.0. The van der Waals surface area contributed by atoms with E-state index in [1.165, 1.54) is 6.42 Å². The van der Waals surface area contributed by atoms with E-state index in [2.05, 4.69) is 0 Å². The van der Waals surface area contributed by atoms with Crippen LogP contribution in [0.25, 0.3) is 0 Å². The van der Waals surface area contributed by atoms with Crippen LogP contribution in [0.15, 0.2) is 0 Å². The van der Waals surface area contributed by atoms with Crippen molar-refractivity contribution in [3.8, 4) is 0 Å². The number of hydrogen-bond acceptors (Lipinski definition) is 7. The van der Waals surface area contributed by atoms with Gasteiger partial charge in [-0.3, -0.25) is 4.79 Å². The summed E-state index contributed by atoms with van der Waals surface area (Å²) in [7, 11) is 0. The maximum Gasteiger partial charge on any atom is 0.293 e. The molecule has 0 bridgehead atoms. The summed E-state index contributed by atoms with van der Waals surface area (Å²) >= 11 is 0. The number of ether oxygens (including phenoxy) is 6. The van der Waals surface area contributed by atoms with E-state index >= 15 is 0 Å². The number of carbonyl (C=O) groups is 1. The molecule has 0 aromatic heterocycles. The molecule has 3 aliphatic heterocycles. The summed E-state index contributed by atoms with van der Waals surface area (Å²) in [5, 5.41) is 0. The zero-order valence-electron chi connectivity index (χ0n) is 13.6. The van der Waals surface area contributed by atoms with E-state index in [-0.39, 0.29) is 6.10 Å². The van der Waals surface area contributed by atoms with E-state index in [1.54, 1.807) is 0 Å². The van der Waals surface area contributed by atoms with E-state index in [4.69, 9.17) is 28.4 Å². The van der Waals surface area contributed by atoms with Crippen molar-refractivity contribution in [1.82, 2.24) is 0 Å². The molecule has 1 saturated carbocycles. The van der Waals surface area contributed by atoms with E-state index in [9.17, 15) is 4.79 Å². The van der Waals surface area contributed by atoms with Crippen LogP contribution in [-0.4, -0.2) is 55.4 Å². The quantitative estimate of drug-likeness (QED) is 0.727. The van der Waals surface area contributed by atoms with Gasteiger partial charge in [0, 0.05) is 12.8 Å². The van der Waals surface area contributed by atoms with Crippen molar-refractivity contribution in [1.29, 1.82) is 0 Å². The molecule has 7 nitrogen and oxygen atoms in total. The molecule has 1 aliphatic carbocycles. The molecule has 5 atom stereocenters. The molecule has 3 heterocycles. The highest BCUT2D eigenvalue weighted by Crippen LogP contribution is 2.44. The Hall–Kier alpha value is -0.730. The molecular weight excluding hydrogens is 304 g/mol. The van der Waals surface area contributed by atoms with Gasteiger partial charge in [0.1, 0.15) is 12.2 Å². The average molecular weight is 328 g/mol. The Kier molecular flexibility index (Phi) is 3.89. The smallest absolute Gasteiger partial charge is 0.293 e. The van der Waals surface area contributed by atoms with Gasteiger partial charge in [0.15, 0.2) is 30.1 Å². The summed E-state index contributed by atoms with van der Waals surface area (Å²) in [6.45, 7) is 4.50. The van der Waals surface area contributed by atoms with Gasteiger partial charge in [0.25, 0.3) is 6.47 Å². The Balaban J connectivity index is 1.47. The van der Waals surface area contributed by atoms with Crippen LogP contribution in [0.4, 0.5) is 0 Å². The fraction of sp³-hybridized carbons (Fsp3) is 0.938. The second kappa shape index (κ2) is 5.67. The molecule has 4 aliphatic rings. The molecular formula is C16H24O7. The van der Waals surface area contributed by atoms with Gasteiger partial charge in [-0.15, -0.1) is 0 Å². The third kappa shape index (κ3) is 2.78. The SMILES string of the molecule is CC1(C)O[C@H]2O[C@H]([C@H]3COC4(CCCCC4)O3)[C@H](OC=O)[C@H]2O1. The highest BCUT2D eigenvalue weighted by atomic mass is 16.8. The molecule has 0 aromatic rings. The monoisotopic (exact) mass is 328 g/mol. The maximum atomic E-state index is 10.9. The van der Waals surface area contributed by atoms with Gasteiger partial charge >= 0.3 is 0 Å². The highest BCUT2D eigenvalue weighted by molar-refractivity contribution is 5.38. The molecule has 7 heteroatoms. The zero-order valence-corrected chi connectivity index (χ0v) is 13.6. The largest absolute Gasteiger partial charge is 0.459 e. The summed E-state index contributed by atoms with van der Waals surface area (Å²) in [5.74, 6) is -1.24. The van der Waals surface area contributed by atoms with Gasteiger partial charge in [-0.2, -0.15) is 0 Å². The Labute approximate surface area is 135 Å². The van der Waals surface area contributed by atoms with Gasteiger partial charge in [-0.05, 0) is 26.7 Å². The topological polar surface area (TPSA) is 72.5 Å². The first-order valence-corrected chi connectivity index (χ1v) is 8.44. The number of carbonyl (C=O) groups excluding carboxylic acids is 1. The first kappa shape index (κ1) is 15.8. The van der Waals surface area contributed by atoms with Crippen LogP contribution in [-0.2, 0) is 33.2 Å². The lowest BCUT2D eigenvalue weighted by molar-refractivity contribution is -0.240. The molecule has 1 spiro atoms. The van der Waals surface area contributed by atoms with Gasteiger partial charge in [-0.25, -0.2) is 0 Å². The van der Waals surface area contributed by atoms with Crippen LogP contribution in [0.1, 0.15) is 46.0 Å². The molecule has 4 rings (SSSR count). The standard InChI is InChI=1S/C16H24O7/c1-15(2)22-13-12(18-9-17)11(20-14(13)23-15)10-8-19-16(21-10)6-4-3-5-7-16/h9-14H,3-8H2,1-2H3/t10-,11-,12+,13-,14-/m1/s1. The van der Waals surface area contributed by atoms with Crippen LogP contribution < -0.4 is 0 Å². The molecule has 0 N–H and O–H groups in total. The second-order valence-corrected chi connectivity index (χ2v) is 7.20. The molecule has 0 amide bonds. The minimum Gasteiger partial charge on any atom is -0.459 e. The Bertz CT molecular complexity index is 459. The summed E-state index contributed by atoms with van der Waals surface area (Å²) in [5.41, 5.74) is 0. The molecule has 0 aromatic carbocycles. The van der Waals surface area contributed by atoms with E-state index in [0.29, 0.717) is 13.1 Å². The minimum atomic E-state index is -0.748. The van der Waals surface area contributed by atoms with Crippen molar-refractivity contribution < 1.29 is 33.2 Å². The summed E-state index contributed by atoms with van der Waals surface area (Å²) in [6, 6.07) is 0. The molecule has 23 heavy (non-hydrogen) atoms. The number of fused-ring (bicyclic) bond motifs is 1. The second-order valence-electron chi connectivity index (χ2n) is 7.20. The lowest BCUT2D eigenvalue weighted by atomic mass is 9.94. The predicted octanol–water partition coefficient (Wildman–Crippen LogP) is 1.48. The van der Waals surface area contributed by atoms with E-state index in [1.807, 2.05) is 13.8 Å². The van der Waals surface area contributed by atoms with Gasteiger partial charge < -0.3 is 28.4 Å². The Morgan fingerprint density at radius 1 is 1.04 bits per heavy atom. The summed E-state index contributed by atoms with van der Waals surface area (Å²) in [6.07, 6.45) is 2.99. The number of rotatable bonds is 3. The Morgan fingerprint density at radius 3 is 2.57 bits per heavy atom. The van der Waals surface area contributed by atoms with Gasteiger partial charge in [-0.1, -0.05) is 6.42 Å². The van der Waals surface area contributed by atoms with Gasteiger partial charge in [0.2, 0.25) is 0 Å². The van der Waals surface area contributed by atoms with Crippen molar-refractivity contribution in [2.24, 2.45) is 0 Å². The zero-order chi connectivity index (χ0) is 16.1. The van der Waals surface area contributed by atoms with Crippen molar-refractivity contribution in [3.63, 3.8) is 0 Å². The lowest BCUT2D eigenvalue weighted by Gasteiger charge is -2.33. The van der Waals surface area contributed by atoms with Gasteiger partial charge in [0.05, 0.1) is 6.61 Å². The Morgan fingerprint density at radius 2 is 1.83 bits per heavy atom. The fourth-order valence-corrected chi connectivity index (χ4v) is 4.11. The maximum absolute atomic E-state index is 10.9.